The highest BCUT2D eigenvalue weighted by molar-refractivity contribution is 5.89. The topological polar surface area (TPSA) is 41.1 Å². The van der Waals surface area contributed by atoms with Gasteiger partial charge in [0.1, 0.15) is 29.1 Å². The molecule has 180 valence electrons. The summed E-state index contributed by atoms with van der Waals surface area (Å²) in [5, 5.41) is 4.19. The fraction of sp³-hybridized carbons (Fsp3) is 0.407. The first-order valence-electron chi connectivity index (χ1n) is 11.8. The summed E-state index contributed by atoms with van der Waals surface area (Å²) in [7, 11) is 3.99. The molecule has 4 rings (SSSR count). The Morgan fingerprint density at radius 2 is 1.71 bits per heavy atom. The summed E-state index contributed by atoms with van der Waals surface area (Å²) in [6, 6.07) is 9.51. The second-order valence-electron chi connectivity index (χ2n) is 9.27. The Kier molecular flexibility index (Phi) is 7.83. The van der Waals surface area contributed by atoms with Crippen LogP contribution in [0.4, 0.5) is 19.0 Å². The van der Waals surface area contributed by atoms with Crippen molar-refractivity contribution < 1.29 is 13.2 Å². The predicted octanol–water partition coefficient (Wildman–Crippen LogP) is 5.81. The maximum Gasteiger partial charge on any atom is 0.139 e. The van der Waals surface area contributed by atoms with Gasteiger partial charge in [0.2, 0.25) is 0 Å². The lowest BCUT2D eigenvalue weighted by atomic mass is 9.81. The number of rotatable bonds is 8. The monoisotopic (exact) mass is 468 g/mol. The lowest BCUT2D eigenvalue weighted by molar-refractivity contribution is 0.298. The molecule has 0 amide bonds. The molecule has 1 N–H and O–H groups in total. The Morgan fingerprint density at radius 3 is 2.41 bits per heavy atom. The minimum Gasteiger partial charge on any atom is -0.362 e. The van der Waals surface area contributed by atoms with Gasteiger partial charge in [0.25, 0.3) is 0 Å². The van der Waals surface area contributed by atoms with Crippen molar-refractivity contribution in [3.8, 4) is 0 Å². The molecule has 34 heavy (non-hydrogen) atoms. The molecule has 0 spiro atoms. The highest BCUT2D eigenvalue weighted by Crippen LogP contribution is 2.29. The van der Waals surface area contributed by atoms with Gasteiger partial charge >= 0.3 is 0 Å². The van der Waals surface area contributed by atoms with Crippen LogP contribution >= 0.6 is 0 Å². The summed E-state index contributed by atoms with van der Waals surface area (Å²) < 4.78 is 40.6. The number of para-hydroxylation sites is 1. The Labute approximate surface area is 198 Å². The second-order valence-corrected chi connectivity index (χ2v) is 9.27. The number of nitrogens with zero attached hydrogens (tertiary/aromatic N) is 3. The van der Waals surface area contributed by atoms with Crippen LogP contribution in [0.5, 0.6) is 0 Å². The second kappa shape index (κ2) is 11.0. The van der Waals surface area contributed by atoms with Gasteiger partial charge in [0.05, 0.1) is 5.52 Å². The molecule has 0 atom stereocenters. The Hall–Kier alpha value is -2.93. The first kappa shape index (κ1) is 24.2. The summed E-state index contributed by atoms with van der Waals surface area (Å²) in [4.78, 5) is 11.5. The van der Waals surface area contributed by atoms with E-state index in [1.165, 1.54) is 0 Å². The minimum absolute atomic E-state index is 0.0679. The van der Waals surface area contributed by atoms with Gasteiger partial charge in [-0.05, 0) is 56.2 Å². The molecule has 1 aromatic heterocycles. The smallest absolute Gasteiger partial charge is 0.139 e. The summed E-state index contributed by atoms with van der Waals surface area (Å²) >= 11 is 0. The average molecular weight is 469 g/mol. The Morgan fingerprint density at radius 1 is 1.00 bits per heavy atom. The number of benzene rings is 2. The fourth-order valence-electron chi connectivity index (χ4n) is 4.63. The maximum atomic E-state index is 13.8. The molecule has 0 saturated heterocycles. The molecule has 0 radical (unpaired) electrons. The van der Waals surface area contributed by atoms with Crippen molar-refractivity contribution >= 4 is 16.7 Å². The SMILES string of the molecule is CN(C)c1nc(C/C=C/C2CCC(CNCc3c(F)cc(F)cc3F)CC2)nc2ccccc12. The molecule has 1 saturated carbocycles. The zero-order valence-electron chi connectivity index (χ0n) is 19.7. The van der Waals surface area contributed by atoms with Gasteiger partial charge in [-0.1, -0.05) is 24.3 Å². The molecule has 1 aliphatic carbocycles. The van der Waals surface area contributed by atoms with Crippen LogP contribution in [-0.4, -0.2) is 30.6 Å². The summed E-state index contributed by atoms with van der Waals surface area (Å²) in [5.41, 5.74) is 0.851. The zero-order chi connectivity index (χ0) is 24.1. The molecule has 1 fully saturated rings. The van der Waals surface area contributed by atoms with Crippen LogP contribution in [-0.2, 0) is 13.0 Å². The molecule has 0 unspecified atom stereocenters. The van der Waals surface area contributed by atoms with Gasteiger partial charge in [0.15, 0.2) is 0 Å². The first-order valence-corrected chi connectivity index (χ1v) is 11.8. The fourth-order valence-corrected chi connectivity index (χ4v) is 4.63. The number of halogens is 3. The molecule has 3 aromatic rings. The van der Waals surface area contributed by atoms with Crippen LogP contribution in [0.3, 0.4) is 0 Å². The van der Waals surface area contributed by atoms with Gasteiger partial charge in [-0.15, -0.1) is 0 Å². The molecular weight excluding hydrogens is 437 g/mol. The number of allylic oxidation sites excluding steroid dienone is 2. The van der Waals surface area contributed by atoms with E-state index in [-0.39, 0.29) is 12.1 Å². The van der Waals surface area contributed by atoms with Gasteiger partial charge in [0, 0.05) is 50.1 Å². The van der Waals surface area contributed by atoms with Gasteiger partial charge < -0.3 is 10.2 Å². The third-order valence-corrected chi connectivity index (χ3v) is 6.49. The van der Waals surface area contributed by atoms with E-state index < -0.39 is 17.5 Å². The first-order chi connectivity index (χ1) is 16.4. The van der Waals surface area contributed by atoms with Crippen molar-refractivity contribution in [1.29, 1.82) is 0 Å². The third-order valence-electron chi connectivity index (χ3n) is 6.49. The van der Waals surface area contributed by atoms with E-state index in [0.29, 0.717) is 24.8 Å². The van der Waals surface area contributed by atoms with Gasteiger partial charge in [-0.2, -0.15) is 0 Å². The van der Waals surface area contributed by atoms with Crippen molar-refractivity contribution in [3.63, 3.8) is 0 Å². The average Bonchev–Trinajstić information content (AvgIpc) is 2.81. The summed E-state index contributed by atoms with van der Waals surface area (Å²) in [6.45, 7) is 0.767. The molecule has 0 bridgehead atoms. The van der Waals surface area contributed by atoms with Crippen molar-refractivity contribution in [1.82, 2.24) is 15.3 Å². The van der Waals surface area contributed by atoms with E-state index in [1.54, 1.807) is 0 Å². The van der Waals surface area contributed by atoms with Crippen LogP contribution in [0.1, 0.15) is 37.1 Å². The van der Waals surface area contributed by atoms with E-state index in [2.05, 4.69) is 17.5 Å². The van der Waals surface area contributed by atoms with Crippen LogP contribution in [0.2, 0.25) is 0 Å². The number of hydrogen-bond donors (Lipinski definition) is 1. The van der Waals surface area contributed by atoms with E-state index in [4.69, 9.17) is 9.97 Å². The Bertz CT molecular complexity index is 1130. The van der Waals surface area contributed by atoms with Crippen molar-refractivity contribution in [3.05, 3.63) is 77.4 Å². The van der Waals surface area contributed by atoms with Crippen molar-refractivity contribution in [2.75, 3.05) is 25.5 Å². The summed E-state index contributed by atoms with van der Waals surface area (Å²) in [6.07, 6.45) is 9.45. The van der Waals surface area contributed by atoms with Crippen LogP contribution in [0.25, 0.3) is 10.9 Å². The standard InChI is InChI=1S/C27H31F3N4/c1-34(2)27-21-7-3-4-8-25(21)32-26(33-27)9-5-6-18-10-12-19(13-11-18)16-31-17-22-23(29)14-20(28)15-24(22)30/h3-8,14-15,18-19,31H,9-13,16-17H2,1-2H3/b6-5+. The number of nitrogens with one attached hydrogen (secondary N) is 1. The molecule has 2 aromatic carbocycles. The van der Waals surface area contributed by atoms with E-state index >= 15 is 0 Å². The van der Waals surface area contributed by atoms with Crippen LogP contribution in [0.15, 0.2) is 48.6 Å². The Balaban J connectivity index is 1.25. The number of fused-ring (bicyclic) bond motifs is 1. The molecule has 7 heteroatoms. The molecule has 1 aliphatic rings. The van der Waals surface area contributed by atoms with Gasteiger partial charge in [-0.25, -0.2) is 23.1 Å². The number of anilines is 1. The molecular formula is C27H31F3N4. The maximum absolute atomic E-state index is 13.8. The van der Waals surface area contributed by atoms with E-state index in [0.717, 1.165) is 60.4 Å². The predicted molar refractivity (Wildman–Crippen MR) is 130 cm³/mol. The molecule has 1 heterocycles. The molecule has 0 aliphatic heterocycles. The highest BCUT2D eigenvalue weighted by Gasteiger charge is 2.20. The van der Waals surface area contributed by atoms with Gasteiger partial charge in [-0.3, -0.25) is 0 Å². The number of hydrogen-bond acceptors (Lipinski definition) is 4. The normalized spacial score (nSPS) is 18.6. The van der Waals surface area contributed by atoms with E-state index in [1.807, 2.05) is 43.3 Å². The highest BCUT2D eigenvalue weighted by atomic mass is 19.1. The van der Waals surface area contributed by atoms with Crippen molar-refractivity contribution in [2.45, 2.75) is 38.6 Å². The molecule has 4 nitrogen and oxygen atoms in total. The lowest BCUT2D eigenvalue weighted by Gasteiger charge is -2.27. The lowest BCUT2D eigenvalue weighted by Crippen LogP contribution is -2.26. The minimum atomic E-state index is -0.893. The zero-order valence-corrected chi connectivity index (χ0v) is 19.7. The number of aromatic nitrogens is 2. The summed E-state index contributed by atoms with van der Waals surface area (Å²) in [5.74, 6) is 0.174. The largest absolute Gasteiger partial charge is 0.362 e. The quantitative estimate of drug-likeness (QED) is 0.424. The van der Waals surface area contributed by atoms with E-state index in [9.17, 15) is 13.2 Å². The van der Waals surface area contributed by atoms with Crippen molar-refractivity contribution in [2.24, 2.45) is 11.8 Å². The van der Waals surface area contributed by atoms with Crippen LogP contribution in [0, 0.1) is 29.3 Å². The van der Waals surface area contributed by atoms with Crippen LogP contribution < -0.4 is 10.2 Å². The third kappa shape index (κ3) is 5.95.